The number of ether oxygens (including phenoxy) is 2. The molecule has 118 valence electrons. The average Bonchev–Trinajstić information content (AvgIpc) is 2.97. The third-order valence-electron chi connectivity index (χ3n) is 4.39. The van der Waals surface area contributed by atoms with Gasteiger partial charge >= 0.3 is 0 Å². The third kappa shape index (κ3) is 3.58. The molecule has 0 heterocycles. The molecule has 0 spiro atoms. The van der Waals surface area contributed by atoms with Gasteiger partial charge in [0, 0.05) is 12.2 Å². The predicted octanol–water partition coefficient (Wildman–Crippen LogP) is 4.09. The highest BCUT2D eigenvalue weighted by atomic mass is 16.5. The van der Waals surface area contributed by atoms with Crippen LogP contribution in [0, 0.1) is 0 Å². The van der Waals surface area contributed by atoms with Crippen molar-refractivity contribution in [3.63, 3.8) is 0 Å². The Labute approximate surface area is 129 Å². The zero-order chi connectivity index (χ0) is 15.1. The topological polar surface area (TPSA) is 30.5 Å². The summed E-state index contributed by atoms with van der Waals surface area (Å²) < 4.78 is 12.2. The van der Waals surface area contributed by atoms with Crippen molar-refractivity contribution in [2.75, 3.05) is 20.3 Å². The van der Waals surface area contributed by atoms with Crippen LogP contribution in [0.1, 0.15) is 57.6 Å². The van der Waals surface area contributed by atoms with E-state index in [1.165, 1.54) is 18.4 Å². The zero-order valence-corrected chi connectivity index (χ0v) is 13.7. The van der Waals surface area contributed by atoms with E-state index < -0.39 is 0 Å². The van der Waals surface area contributed by atoms with Gasteiger partial charge in [-0.2, -0.15) is 0 Å². The van der Waals surface area contributed by atoms with E-state index in [1.54, 1.807) is 0 Å². The SMILES string of the molecule is CCCOc1ccccc1C(NC)C1(OCC)CCCC1. The lowest BCUT2D eigenvalue weighted by atomic mass is 9.86. The Balaban J connectivity index is 2.31. The molecule has 0 bridgehead atoms. The van der Waals surface area contributed by atoms with Gasteiger partial charge in [-0.1, -0.05) is 38.0 Å². The number of para-hydroxylation sites is 1. The molecule has 1 saturated carbocycles. The number of rotatable bonds is 8. The van der Waals surface area contributed by atoms with E-state index in [0.29, 0.717) is 0 Å². The number of hydrogen-bond donors (Lipinski definition) is 1. The van der Waals surface area contributed by atoms with Crippen LogP contribution in [0.3, 0.4) is 0 Å². The molecule has 3 nitrogen and oxygen atoms in total. The summed E-state index contributed by atoms with van der Waals surface area (Å²) in [6.07, 6.45) is 5.75. The van der Waals surface area contributed by atoms with Crippen molar-refractivity contribution < 1.29 is 9.47 Å². The molecule has 21 heavy (non-hydrogen) atoms. The minimum Gasteiger partial charge on any atom is -0.493 e. The first-order valence-electron chi connectivity index (χ1n) is 8.30. The molecule has 1 N–H and O–H groups in total. The molecular weight excluding hydrogens is 262 g/mol. The van der Waals surface area contributed by atoms with Crippen molar-refractivity contribution >= 4 is 0 Å². The van der Waals surface area contributed by atoms with Gasteiger partial charge in [-0.3, -0.25) is 0 Å². The third-order valence-corrected chi connectivity index (χ3v) is 4.39. The van der Waals surface area contributed by atoms with Crippen molar-refractivity contribution in [1.82, 2.24) is 5.32 Å². The Morgan fingerprint density at radius 3 is 2.52 bits per heavy atom. The van der Waals surface area contributed by atoms with Gasteiger partial charge in [-0.15, -0.1) is 0 Å². The molecule has 2 rings (SSSR count). The fourth-order valence-corrected chi connectivity index (χ4v) is 3.54. The molecule has 1 aromatic rings. The second-order valence-corrected chi connectivity index (χ2v) is 5.81. The molecular formula is C18H29NO2. The molecule has 1 aliphatic rings. The van der Waals surface area contributed by atoms with Gasteiger partial charge < -0.3 is 14.8 Å². The van der Waals surface area contributed by atoms with Crippen molar-refractivity contribution in [2.45, 2.75) is 57.6 Å². The molecule has 0 aromatic heterocycles. The van der Waals surface area contributed by atoms with Gasteiger partial charge in [-0.25, -0.2) is 0 Å². The van der Waals surface area contributed by atoms with Crippen molar-refractivity contribution in [3.05, 3.63) is 29.8 Å². The Morgan fingerprint density at radius 1 is 1.19 bits per heavy atom. The lowest BCUT2D eigenvalue weighted by Gasteiger charge is -2.38. The molecule has 0 saturated heterocycles. The number of benzene rings is 1. The maximum Gasteiger partial charge on any atom is 0.124 e. The summed E-state index contributed by atoms with van der Waals surface area (Å²) in [5, 5.41) is 3.50. The summed E-state index contributed by atoms with van der Waals surface area (Å²) in [6, 6.07) is 8.57. The minimum atomic E-state index is -0.0881. The summed E-state index contributed by atoms with van der Waals surface area (Å²) >= 11 is 0. The van der Waals surface area contributed by atoms with Crippen LogP contribution in [0.15, 0.2) is 24.3 Å². The van der Waals surface area contributed by atoms with Crippen molar-refractivity contribution in [3.8, 4) is 5.75 Å². The molecule has 0 amide bonds. The average molecular weight is 291 g/mol. The second-order valence-electron chi connectivity index (χ2n) is 5.81. The first-order valence-corrected chi connectivity index (χ1v) is 8.30. The van der Waals surface area contributed by atoms with Crippen molar-refractivity contribution in [2.24, 2.45) is 0 Å². The van der Waals surface area contributed by atoms with Crippen LogP contribution >= 0.6 is 0 Å². The van der Waals surface area contributed by atoms with Gasteiger partial charge in [0.05, 0.1) is 18.2 Å². The maximum absolute atomic E-state index is 6.24. The number of nitrogens with one attached hydrogen (secondary N) is 1. The molecule has 0 radical (unpaired) electrons. The molecule has 3 heteroatoms. The molecule has 0 aliphatic heterocycles. The first-order chi connectivity index (χ1) is 10.3. The van der Waals surface area contributed by atoms with Crippen LogP contribution < -0.4 is 10.1 Å². The lowest BCUT2D eigenvalue weighted by Crippen LogP contribution is -2.43. The van der Waals surface area contributed by atoms with Crippen LogP contribution in [-0.4, -0.2) is 25.9 Å². The Kier molecular flexibility index (Phi) is 6.07. The highest BCUT2D eigenvalue weighted by Gasteiger charge is 2.43. The van der Waals surface area contributed by atoms with E-state index in [-0.39, 0.29) is 11.6 Å². The Hall–Kier alpha value is -1.06. The number of hydrogen-bond acceptors (Lipinski definition) is 3. The molecule has 1 unspecified atom stereocenters. The monoisotopic (exact) mass is 291 g/mol. The summed E-state index contributed by atoms with van der Waals surface area (Å²) in [4.78, 5) is 0. The highest BCUT2D eigenvalue weighted by Crippen LogP contribution is 2.44. The largest absolute Gasteiger partial charge is 0.493 e. The maximum atomic E-state index is 6.24. The fraction of sp³-hybridized carbons (Fsp3) is 0.667. The highest BCUT2D eigenvalue weighted by molar-refractivity contribution is 5.38. The van der Waals surface area contributed by atoms with Crippen molar-refractivity contribution in [1.29, 1.82) is 0 Å². The van der Waals surface area contributed by atoms with Gasteiger partial charge in [0.25, 0.3) is 0 Å². The number of likely N-dealkylation sites (N-methyl/N-ethyl adjacent to an activating group) is 1. The second kappa shape index (κ2) is 7.81. The standard InChI is InChI=1S/C18H29NO2/c1-4-14-20-16-11-7-6-10-15(16)17(19-3)18(21-5-2)12-8-9-13-18/h6-7,10-11,17,19H,4-5,8-9,12-14H2,1-3H3. The van der Waals surface area contributed by atoms with E-state index in [4.69, 9.17) is 9.47 Å². The Bertz CT molecular complexity index is 427. The van der Waals surface area contributed by atoms with Crippen LogP contribution in [0.5, 0.6) is 5.75 Å². The fourth-order valence-electron chi connectivity index (χ4n) is 3.54. The molecule has 1 aromatic carbocycles. The van der Waals surface area contributed by atoms with Gasteiger partial charge in [0.1, 0.15) is 5.75 Å². The summed E-state index contributed by atoms with van der Waals surface area (Å²) in [5.41, 5.74) is 1.14. The molecule has 1 aliphatic carbocycles. The van der Waals surface area contributed by atoms with E-state index in [9.17, 15) is 0 Å². The smallest absolute Gasteiger partial charge is 0.124 e. The van der Waals surface area contributed by atoms with Gasteiger partial charge in [0.2, 0.25) is 0 Å². The zero-order valence-electron chi connectivity index (χ0n) is 13.7. The summed E-state index contributed by atoms with van der Waals surface area (Å²) in [6.45, 7) is 5.74. The quantitative estimate of drug-likeness (QED) is 0.782. The minimum absolute atomic E-state index is 0.0881. The van der Waals surface area contributed by atoms with E-state index in [1.807, 2.05) is 13.1 Å². The van der Waals surface area contributed by atoms with Gasteiger partial charge in [0.15, 0.2) is 0 Å². The van der Waals surface area contributed by atoms with E-state index in [0.717, 1.165) is 38.2 Å². The first kappa shape index (κ1) is 16.3. The Morgan fingerprint density at radius 2 is 1.90 bits per heavy atom. The van der Waals surface area contributed by atoms with Crippen LogP contribution in [0.25, 0.3) is 0 Å². The van der Waals surface area contributed by atoms with E-state index in [2.05, 4.69) is 37.4 Å². The lowest BCUT2D eigenvalue weighted by molar-refractivity contribution is -0.0615. The summed E-state index contributed by atoms with van der Waals surface area (Å²) in [5.74, 6) is 0.990. The van der Waals surface area contributed by atoms with Gasteiger partial charge in [-0.05, 0) is 39.3 Å². The van der Waals surface area contributed by atoms with Crippen LogP contribution in [0.2, 0.25) is 0 Å². The molecule has 1 fully saturated rings. The van der Waals surface area contributed by atoms with Crippen LogP contribution in [0.4, 0.5) is 0 Å². The predicted molar refractivity (Wildman–Crippen MR) is 86.9 cm³/mol. The normalized spacial score (nSPS) is 18.6. The molecule has 1 atom stereocenters. The van der Waals surface area contributed by atoms with Crippen LogP contribution in [-0.2, 0) is 4.74 Å². The van der Waals surface area contributed by atoms with E-state index >= 15 is 0 Å². The summed E-state index contributed by atoms with van der Waals surface area (Å²) in [7, 11) is 2.03.